The van der Waals surface area contributed by atoms with Crippen molar-refractivity contribution in [3.05, 3.63) is 0 Å². The first-order chi connectivity index (χ1) is 14.7. The lowest BCUT2D eigenvalue weighted by Gasteiger charge is -2.33. The molecule has 2 aliphatic rings. The molecule has 2 heterocycles. The molecule has 0 radical (unpaired) electrons. The van der Waals surface area contributed by atoms with Crippen molar-refractivity contribution in [3.8, 4) is 11.8 Å². The van der Waals surface area contributed by atoms with Gasteiger partial charge in [0, 0.05) is 25.7 Å². The maximum Gasteiger partial charge on any atom is 0.141 e. The smallest absolute Gasteiger partial charge is 0.141 e. The lowest BCUT2D eigenvalue weighted by Crippen LogP contribution is -3.00. The average Bonchev–Trinajstić information content (AvgIpc) is 3.42. The normalized spacial score (nSPS) is 18.4. The van der Waals surface area contributed by atoms with Crippen molar-refractivity contribution in [1.29, 1.82) is 0 Å². The van der Waals surface area contributed by atoms with E-state index < -0.39 is 0 Å². The molecule has 0 spiro atoms. The SMILES string of the molecule is CCCCCCCC[N+]1(CC#CC[N+]2(CCCCCCCC)CCCC2)CCCC1.[Br-].[Br-]. The summed E-state index contributed by atoms with van der Waals surface area (Å²) in [6.45, 7) is 15.2. The summed E-state index contributed by atoms with van der Waals surface area (Å²) >= 11 is 0. The summed E-state index contributed by atoms with van der Waals surface area (Å²) in [6, 6.07) is 0. The minimum atomic E-state index is 0. The van der Waals surface area contributed by atoms with Gasteiger partial charge in [-0.15, -0.1) is 0 Å². The van der Waals surface area contributed by atoms with E-state index >= 15 is 0 Å². The van der Waals surface area contributed by atoms with Gasteiger partial charge in [-0.25, -0.2) is 0 Å². The van der Waals surface area contributed by atoms with Gasteiger partial charge in [-0.1, -0.05) is 65.2 Å². The molecule has 190 valence electrons. The molecule has 32 heavy (non-hydrogen) atoms. The lowest BCUT2D eigenvalue weighted by atomic mass is 10.1. The van der Waals surface area contributed by atoms with Crippen LogP contribution in [0.5, 0.6) is 0 Å². The second kappa shape index (κ2) is 19.7. The van der Waals surface area contributed by atoms with Crippen LogP contribution in [0.4, 0.5) is 0 Å². The molecule has 2 saturated heterocycles. The summed E-state index contributed by atoms with van der Waals surface area (Å²) in [7, 11) is 0. The van der Waals surface area contributed by atoms with Crippen LogP contribution in [0.2, 0.25) is 0 Å². The largest absolute Gasteiger partial charge is 1.00 e. The summed E-state index contributed by atoms with van der Waals surface area (Å²) < 4.78 is 2.64. The van der Waals surface area contributed by atoms with Crippen molar-refractivity contribution in [1.82, 2.24) is 0 Å². The number of hydrogen-bond donors (Lipinski definition) is 0. The zero-order valence-corrected chi connectivity index (χ0v) is 24.8. The molecule has 2 rings (SSSR count). The van der Waals surface area contributed by atoms with Gasteiger partial charge >= 0.3 is 0 Å². The summed E-state index contributed by atoms with van der Waals surface area (Å²) in [6.07, 6.45) is 22.7. The van der Waals surface area contributed by atoms with Crippen molar-refractivity contribution >= 4 is 0 Å². The minimum Gasteiger partial charge on any atom is -1.00 e. The highest BCUT2D eigenvalue weighted by Gasteiger charge is 2.32. The molecule has 2 fully saturated rings. The fraction of sp³-hybridized carbons (Fsp3) is 0.929. The van der Waals surface area contributed by atoms with Crippen LogP contribution < -0.4 is 34.0 Å². The summed E-state index contributed by atoms with van der Waals surface area (Å²) in [4.78, 5) is 0. The molecule has 2 aliphatic heterocycles. The number of unbranched alkanes of at least 4 members (excludes halogenated alkanes) is 10. The summed E-state index contributed by atoms with van der Waals surface area (Å²) in [5.74, 6) is 7.41. The van der Waals surface area contributed by atoms with Crippen molar-refractivity contribution < 1.29 is 42.9 Å². The number of hydrogen-bond acceptors (Lipinski definition) is 0. The molecule has 0 atom stereocenters. The zero-order chi connectivity index (χ0) is 21.4. The number of nitrogens with zero attached hydrogens (tertiary/aromatic N) is 2. The van der Waals surface area contributed by atoms with Crippen molar-refractivity contribution in [3.63, 3.8) is 0 Å². The Labute approximate surface area is 223 Å². The van der Waals surface area contributed by atoms with Crippen molar-refractivity contribution in [2.45, 2.75) is 117 Å². The van der Waals surface area contributed by atoms with Crippen LogP contribution in [-0.2, 0) is 0 Å². The van der Waals surface area contributed by atoms with Gasteiger partial charge in [0.1, 0.15) is 13.1 Å². The first kappa shape index (κ1) is 32.4. The molecule has 0 aromatic carbocycles. The highest BCUT2D eigenvalue weighted by Crippen LogP contribution is 2.22. The Bertz CT molecular complexity index is 443. The van der Waals surface area contributed by atoms with Gasteiger partial charge in [0.05, 0.1) is 39.3 Å². The van der Waals surface area contributed by atoms with E-state index in [2.05, 4.69) is 25.7 Å². The lowest BCUT2D eigenvalue weighted by molar-refractivity contribution is -0.911. The number of likely N-dealkylation sites (tertiary alicyclic amines) is 2. The standard InChI is InChI=1S/C28H54N2.2BrH/c1-3-5-7-9-11-13-21-29(23-15-16-24-29)27-19-20-28-30(25-17-18-26-30)22-14-12-10-8-6-4-2;;/h3-18,21-28H2,1-2H3;2*1H/q+2;;/p-2. The van der Waals surface area contributed by atoms with E-state index in [0.717, 1.165) is 13.1 Å². The van der Waals surface area contributed by atoms with Crippen LogP contribution in [0.3, 0.4) is 0 Å². The molecule has 2 nitrogen and oxygen atoms in total. The van der Waals surface area contributed by atoms with E-state index in [-0.39, 0.29) is 34.0 Å². The Balaban J connectivity index is 0.00000480. The monoisotopic (exact) mass is 576 g/mol. The predicted octanol–water partition coefficient (Wildman–Crippen LogP) is 0.940. The molecule has 0 unspecified atom stereocenters. The van der Waals surface area contributed by atoms with E-state index in [1.165, 1.54) is 151 Å². The van der Waals surface area contributed by atoms with E-state index in [1.807, 2.05) is 0 Å². The average molecular weight is 579 g/mol. The van der Waals surface area contributed by atoms with Crippen LogP contribution in [0.15, 0.2) is 0 Å². The Kier molecular flexibility index (Phi) is 20.0. The quantitative estimate of drug-likeness (QED) is 0.145. The summed E-state index contributed by atoms with van der Waals surface area (Å²) in [5.41, 5.74) is 0. The van der Waals surface area contributed by atoms with Crippen LogP contribution >= 0.6 is 0 Å². The van der Waals surface area contributed by atoms with Crippen LogP contribution in [-0.4, -0.2) is 61.3 Å². The highest BCUT2D eigenvalue weighted by molar-refractivity contribution is 5.00. The zero-order valence-electron chi connectivity index (χ0n) is 21.6. The van der Waals surface area contributed by atoms with E-state index in [4.69, 9.17) is 0 Å². The van der Waals surface area contributed by atoms with Crippen molar-refractivity contribution in [2.75, 3.05) is 52.4 Å². The number of rotatable bonds is 16. The predicted molar refractivity (Wildman–Crippen MR) is 132 cm³/mol. The van der Waals surface area contributed by atoms with Gasteiger partial charge in [-0.05, 0) is 37.5 Å². The minimum absolute atomic E-state index is 0. The van der Waals surface area contributed by atoms with Gasteiger partial charge < -0.3 is 42.9 Å². The van der Waals surface area contributed by atoms with E-state index in [9.17, 15) is 0 Å². The molecule has 0 amide bonds. The van der Waals surface area contributed by atoms with E-state index in [1.54, 1.807) is 0 Å². The maximum atomic E-state index is 3.71. The summed E-state index contributed by atoms with van der Waals surface area (Å²) in [5, 5.41) is 0. The van der Waals surface area contributed by atoms with Gasteiger partial charge in [0.15, 0.2) is 0 Å². The topological polar surface area (TPSA) is 0 Å². The fourth-order valence-electron chi connectivity index (χ4n) is 5.84. The number of quaternary nitrogens is 2. The molecule has 0 saturated carbocycles. The van der Waals surface area contributed by atoms with Gasteiger partial charge in [0.2, 0.25) is 0 Å². The molecule has 0 bridgehead atoms. The third-order valence-electron chi connectivity index (χ3n) is 7.96. The second-order valence-electron chi connectivity index (χ2n) is 10.6. The van der Waals surface area contributed by atoms with E-state index in [0.29, 0.717) is 0 Å². The van der Waals surface area contributed by atoms with Gasteiger partial charge in [-0.3, -0.25) is 0 Å². The van der Waals surface area contributed by atoms with Gasteiger partial charge in [0.25, 0.3) is 0 Å². The second-order valence-corrected chi connectivity index (χ2v) is 10.6. The third-order valence-corrected chi connectivity index (χ3v) is 7.96. The Morgan fingerprint density at radius 1 is 0.469 bits per heavy atom. The van der Waals surface area contributed by atoms with Gasteiger partial charge in [-0.2, -0.15) is 0 Å². The highest BCUT2D eigenvalue weighted by atomic mass is 79.9. The molecule has 0 aromatic rings. The maximum absolute atomic E-state index is 3.71. The Morgan fingerprint density at radius 3 is 1.12 bits per heavy atom. The third kappa shape index (κ3) is 12.8. The van der Waals surface area contributed by atoms with Crippen LogP contribution in [0.25, 0.3) is 0 Å². The Morgan fingerprint density at radius 2 is 0.781 bits per heavy atom. The fourth-order valence-corrected chi connectivity index (χ4v) is 5.84. The van der Waals surface area contributed by atoms with Crippen LogP contribution in [0.1, 0.15) is 117 Å². The molecule has 0 aliphatic carbocycles. The number of halogens is 2. The van der Waals surface area contributed by atoms with Crippen LogP contribution in [0, 0.1) is 11.8 Å². The molecular weight excluding hydrogens is 524 g/mol. The first-order valence-electron chi connectivity index (χ1n) is 13.9. The molecule has 0 N–H and O–H groups in total. The Hall–Kier alpha value is 0.440. The first-order valence-corrected chi connectivity index (χ1v) is 13.9. The molecular formula is C28H54Br2N2. The van der Waals surface area contributed by atoms with Crippen molar-refractivity contribution in [2.24, 2.45) is 0 Å². The molecule has 0 aromatic heterocycles. The molecule has 4 heteroatoms.